The Morgan fingerprint density at radius 1 is 1.55 bits per heavy atom. The minimum Gasteiger partial charge on any atom is -0.379 e. The quantitative estimate of drug-likeness (QED) is 0.490. The first kappa shape index (κ1) is 10.4. The second kappa shape index (κ2) is 3.67. The van der Waals surface area contributed by atoms with Crippen molar-refractivity contribution in [1.82, 2.24) is 0 Å². The normalized spacial score (nSPS) is 11.3. The Bertz CT molecular complexity index is 170. The Kier molecular flexibility index (Phi) is 3.46. The van der Waals surface area contributed by atoms with Crippen molar-refractivity contribution in [3.05, 3.63) is 12.2 Å². The SMILES string of the molecule is C=C(C)C(C)(C)C(=N)COC. The van der Waals surface area contributed by atoms with Crippen molar-refractivity contribution >= 4 is 5.71 Å². The number of ether oxygens (including phenoxy) is 1. The molecule has 11 heavy (non-hydrogen) atoms. The number of nitrogens with one attached hydrogen (secondary N) is 1. The number of methoxy groups -OCH3 is 1. The fourth-order valence-electron chi connectivity index (χ4n) is 0.582. The van der Waals surface area contributed by atoms with Crippen LogP contribution in [0.25, 0.3) is 0 Å². The van der Waals surface area contributed by atoms with Crippen LogP contribution >= 0.6 is 0 Å². The molecule has 2 nitrogen and oxygen atoms in total. The summed E-state index contributed by atoms with van der Waals surface area (Å²) in [6, 6.07) is 0. The van der Waals surface area contributed by atoms with Crippen LogP contribution in [0.1, 0.15) is 20.8 Å². The van der Waals surface area contributed by atoms with Crippen LogP contribution in [-0.2, 0) is 4.74 Å². The van der Waals surface area contributed by atoms with Gasteiger partial charge in [0.05, 0.1) is 6.61 Å². The summed E-state index contributed by atoms with van der Waals surface area (Å²) in [5.41, 5.74) is 1.35. The van der Waals surface area contributed by atoms with Crippen LogP contribution in [0.4, 0.5) is 0 Å². The third-order valence-electron chi connectivity index (χ3n) is 2.11. The highest BCUT2D eigenvalue weighted by atomic mass is 16.5. The number of rotatable bonds is 4. The lowest BCUT2D eigenvalue weighted by Crippen LogP contribution is -2.27. The van der Waals surface area contributed by atoms with E-state index in [1.807, 2.05) is 20.8 Å². The van der Waals surface area contributed by atoms with Gasteiger partial charge in [-0.15, -0.1) is 0 Å². The molecule has 1 N–H and O–H groups in total. The van der Waals surface area contributed by atoms with E-state index in [1.165, 1.54) is 0 Å². The zero-order valence-electron chi connectivity index (χ0n) is 7.82. The van der Waals surface area contributed by atoms with Gasteiger partial charge < -0.3 is 10.1 Å². The molecular weight excluding hydrogens is 138 g/mol. The highest BCUT2D eigenvalue weighted by Crippen LogP contribution is 2.25. The monoisotopic (exact) mass is 155 g/mol. The molecule has 0 radical (unpaired) electrons. The van der Waals surface area contributed by atoms with Gasteiger partial charge in [-0.25, -0.2) is 0 Å². The molecule has 0 fully saturated rings. The van der Waals surface area contributed by atoms with Crippen LogP contribution in [-0.4, -0.2) is 19.4 Å². The average Bonchev–Trinajstić information content (AvgIpc) is 1.88. The van der Waals surface area contributed by atoms with E-state index in [4.69, 9.17) is 10.1 Å². The van der Waals surface area contributed by atoms with Gasteiger partial charge in [-0.1, -0.05) is 26.0 Å². The molecule has 0 spiro atoms. The van der Waals surface area contributed by atoms with Crippen LogP contribution in [0, 0.1) is 10.8 Å². The first-order valence-corrected chi connectivity index (χ1v) is 3.65. The molecule has 0 saturated heterocycles. The molecular formula is C9H17NO. The third-order valence-corrected chi connectivity index (χ3v) is 2.11. The van der Waals surface area contributed by atoms with Crippen molar-refractivity contribution in [3.8, 4) is 0 Å². The van der Waals surface area contributed by atoms with Crippen molar-refractivity contribution in [2.75, 3.05) is 13.7 Å². The molecule has 64 valence electrons. The van der Waals surface area contributed by atoms with Gasteiger partial charge in [-0.2, -0.15) is 0 Å². The molecule has 0 heterocycles. The lowest BCUT2D eigenvalue weighted by Gasteiger charge is -2.25. The molecule has 0 amide bonds. The first-order valence-electron chi connectivity index (χ1n) is 3.65. The van der Waals surface area contributed by atoms with Gasteiger partial charge in [-0.05, 0) is 6.92 Å². The van der Waals surface area contributed by atoms with Crippen molar-refractivity contribution in [3.63, 3.8) is 0 Å². The summed E-state index contributed by atoms with van der Waals surface area (Å²) in [5, 5.41) is 7.64. The highest BCUT2D eigenvalue weighted by Gasteiger charge is 2.23. The fraction of sp³-hybridized carbons (Fsp3) is 0.667. The third kappa shape index (κ3) is 2.46. The molecule has 0 unspecified atom stereocenters. The summed E-state index contributed by atoms with van der Waals surface area (Å²) in [5.74, 6) is 0. The molecule has 0 bridgehead atoms. The van der Waals surface area contributed by atoms with Crippen molar-refractivity contribution in [2.45, 2.75) is 20.8 Å². The Morgan fingerprint density at radius 3 is 2.27 bits per heavy atom. The summed E-state index contributed by atoms with van der Waals surface area (Å²) < 4.78 is 4.87. The molecule has 0 aromatic carbocycles. The summed E-state index contributed by atoms with van der Waals surface area (Å²) in [6.07, 6.45) is 0. The molecule has 2 heteroatoms. The van der Waals surface area contributed by atoms with Crippen molar-refractivity contribution < 1.29 is 4.74 Å². The van der Waals surface area contributed by atoms with Crippen LogP contribution in [0.3, 0.4) is 0 Å². The largest absolute Gasteiger partial charge is 0.379 e. The van der Waals surface area contributed by atoms with Crippen LogP contribution < -0.4 is 0 Å². The van der Waals surface area contributed by atoms with E-state index in [9.17, 15) is 0 Å². The topological polar surface area (TPSA) is 33.1 Å². The van der Waals surface area contributed by atoms with E-state index in [1.54, 1.807) is 7.11 Å². The zero-order valence-corrected chi connectivity index (χ0v) is 7.82. The number of hydrogen-bond acceptors (Lipinski definition) is 2. The highest BCUT2D eigenvalue weighted by molar-refractivity contribution is 5.90. The molecule has 0 aliphatic heterocycles. The van der Waals surface area contributed by atoms with E-state index < -0.39 is 0 Å². The van der Waals surface area contributed by atoms with E-state index in [2.05, 4.69) is 6.58 Å². The van der Waals surface area contributed by atoms with E-state index in [-0.39, 0.29) is 5.41 Å². The summed E-state index contributed by atoms with van der Waals surface area (Å²) in [7, 11) is 1.60. The van der Waals surface area contributed by atoms with E-state index in [0.29, 0.717) is 12.3 Å². The van der Waals surface area contributed by atoms with Crippen LogP contribution in [0.5, 0.6) is 0 Å². The maximum Gasteiger partial charge on any atom is 0.0846 e. The molecule has 0 aliphatic carbocycles. The smallest absolute Gasteiger partial charge is 0.0846 e. The van der Waals surface area contributed by atoms with E-state index in [0.717, 1.165) is 5.57 Å². The van der Waals surface area contributed by atoms with Gasteiger partial charge in [0, 0.05) is 18.2 Å². The van der Waals surface area contributed by atoms with Crippen LogP contribution in [0.15, 0.2) is 12.2 Å². The standard InChI is InChI=1S/C9H17NO/c1-7(2)9(3,4)8(10)6-11-5/h10H,1,6H2,2-5H3. The Balaban J connectivity index is 4.30. The molecule has 0 rings (SSSR count). The second-order valence-electron chi connectivity index (χ2n) is 3.32. The number of allylic oxidation sites excluding steroid dienone is 1. The maximum absolute atomic E-state index is 7.64. The Hall–Kier alpha value is -0.630. The Morgan fingerprint density at radius 2 is 2.00 bits per heavy atom. The lowest BCUT2D eigenvalue weighted by atomic mass is 9.81. The van der Waals surface area contributed by atoms with Gasteiger partial charge in [0.1, 0.15) is 0 Å². The first-order chi connectivity index (χ1) is 4.92. The van der Waals surface area contributed by atoms with Crippen LogP contribution in [0.2, 0.25) is 0 Å². The summed E-state index contributed by atoms with van der Waals surface area (Å²) in [6.45, 7) is 10.1. The predicted octanol–water partition coefficient (Wildman–Crippen LogP) is 2.25. The van der Waals surface area contributed by atoms with Gasteiger partial charge >= 0.3 is 0 Å². The minimum atomic E-state index is -0.226. The van der Waals surface area contributed by atoms with Crippen molar-refractivity contribution in [1.29, 1.82) is 5.41 Å². The zero-order chi connectivity index (χ0) is 9.07. The molecule has 0 aromatic rings. The van der Waals surface area contributed by atoms with Gasteiger partial charge in [0.25, 0.3) is 0 Å². The minimum absolute atomic E-state index is 0.226. The average molecular weight is 155 g/mol. The van der Waals surface area contributed by atoms with Crippen molar-refractivity contribution in [2.24, 2.45) is 5.41 Å². The van der Waals surface area contributed by atoms with E-state index >= 15 is 0 Å². The maximum atomic E-state index is 7.64. The molecule has 0 saturated carbocycles. The second-order valence-corrected chi connectivity index (χ2v) is 3.32. The molecule has 0 aliphatic rings. The fourth-order valence-corrected chi connectivity index (χ4v) is 0.582. The Labute approximate surface area is 68.8 Å². The van der Waals surface area contributed by atoms with Gasteiger partial charge in [0.15, 0.2) is 0 Å². The molecule has 0 atom stereocenters. The van der Waals surface area contributed by atoms with Gasteiger partial charge in [-0.3, -0.25) is 0 Å². The molecule has 0 aromatic heterocycles. The number of hydrogen-bond donors (Lipinski definition) is 1. The lowest BCUT2D eigenvalue weighted by molar-refractivity contribution is 0.237. The van der Waals surface area contributed by atoms with Gasteiger partial charge in [0.2, 0.25) is 0 Å². The summed E-state index contributed by atoms with van der Waals surface area (Å²) >= 11 is 0. The summed E-state index contributed by atoms with van der Waals surface area (Å²) in [4.78, 5) is 0. The predicted molar refractivity (Wildman–Crippen MR) is 48.2 cm³/mol.